The van der Waals surface area contributed by atoms with E-state index in [1.165, 1.54) is 23.5 Å². The molecule has 1 saturated heterocycles. The molecular formula is C14H14FN3O2S. The summed E-state index contributed by atoms with van der Waals surface area (Å²) in [6, 6.07) is 5.83. The van der Waals surface area contributed by atoms with Crippen molar-refractivity contribution in [3.63, 3.8) is 0 Å². The van der Waals surface area contributed by atoms with Gasteiger partial charge in [-0.25, -0.2) is 4.39 Å². The second kappa shape index (κ2) is 5.33. The Morgan fingerprint density at radius 1 is 1.48 bits per heavy atom. The van der Waals surface area contributed by atoms with Crippen molar-refractivity contribution in [2.45, 2.75) is 18.9 Å². The first kappa shape index (κ1) is 13.8. The van der Waals surface area contributed by atoms with Crippen molar-refractivity contribution < 1.29 is 14.4 Å². The number of amides is 1. The fourth-order valence-electron chi connectivity index (χ4n) is 2.64. The van der Waals surface area contributed by atoms with E-state index in [1.54, 1.807) is 17.0 Å². The second-order valence-corrected chi connectivity index (χ2v) is 6.06. The van der Waals surface area contributed by atoms with Gasteiger partial charge in [0, 0.05) is 11.2 Å². The van der Waals surface area contributed by atoms with E-state index in [-0.39, 0.29) is 23.6 Å². The van der Waals surface area contributed by atoms with Gasteiger partial charge in [0.25, 0.3) is 5.91 Å². The Morgan fingerprint density at radius 2 is 2.29 bits per heavy atom. The molecule has 1 aliphatic heterocycles. The van der Waals surface area contributed by atoms with Crippen molar-refractivity contribution in [1.29, 1.82) is 0 Å². The molecule has 1 aromatic carbocycles. The van der Waals surface area contributed by atoms with Crippen molar-refractivity contribution in [1.82, 2.24) is 4.90 Å². The summed E-state index contributed by atoms with van der Waals surface area (Å²) in [6.45, 7) is 0.572. The van der Waals surface area contributed by atoms with E-state index in [1.807, 2.05) is 0 Å². The van der Waals surface area contributed by atoms with Crippen molar-refractivity contribution in [2.75, 3.05) is 6.54 Å². The van der Waals surface area contributed by atoms with E-state index in [0.29, 0.717) is 17.8 Å². The van der Waals surface area contributed by atoms with Gasteiger partial charge in [-0.1, -0.05) is 11.2 Å². The molecule has 0 radical (unpaired) electrons. The van der Waals surface area contributed by atoms with Gasteiger partial charge in [0.15, 0.2) is 5.84 Å². The Kier molecular flexibility index (Phi) is 3.50. The van der Waals surface area contributed by atoms with E-state index in [4.69, 9.17) is 10.9 Å². The van der Waals surface area contributed by atoms with Crippen LogP contribution in [0.25, 0.3) is 10.1 Å². The molecule has 3 rings (SSSR count). The highest BCUT2D eigenvalue weighted by molar-refractivity contribution is 7.20. The van der Waals surface area contributed by atoms with Gasteiger partial charge in [0.05, 0.1) is 10.9 Å². The summed E-state index contributed by atoms with van der Waals surface area (Å²) in [5, 5.41) is 12.6. The molecule has 7 heteroatoms. The fourth-order valence-corrected chi connectivity index (χ4v) is 3.68. The highest BCUT2D eigenvalue weighted by Crippen LogP contribution is 2.29. The Bertz CT molecular complexity index is 728. The number of halogens is 1. The summed E-state index contributed by atoms with van der Waals surface area (Å²) in [6.07, 6.45) is 1.49. The van der Waals surface area contributed by atoms with Crippen LogP contribution in [0.5, 0.6) is 0 Å². The number of likely N-dealkylation sites (tertiary alicyclic amines) is 1. The predicted molar refractivity (Wildman–Crippen MR) is 79.3 cm³/mol. The number of fused-ring (bicyclic) bond motifs is 1. The van der Waals surface area contributed by atoms with Crippen LogP contribution in [0.15, 0.2) is 29.4 Å². The second-order valence-electron chi connectivity index (χ2n) is 4.97. The van der Waals surface area contributed by atoms with Crippen LogP contribution >= 0.6 is 11.3 Å². The lowest BCUT2D eigenvalue weighted by Crippen LogP contribution is -2.43. The van der Waals surface area contributed by atoms with E-state index >= 15 is 0 Å². The minimum atomic E-state index is -0.371. The molecule has 0 spiro atoms. The third-order valence-electron chi connectivity index (χ3n) is 3.66. The largest absolute Gasteiger partial charge is 0.409 e. The number of rotatable bonds is 2. The SMILES string of the molecule is N/C(=N/O)C1CCCN1C(=O)c1cc2ccc(F)cc2s1. The summed E-state index contributed by atoms with van der Waals surface area (Å²) in [7, 11) is 0. The number of thiophene rings is 1. The molecule has 1 atom stereocenters. The number of carbonyl (C=O) groups is 1. The lowest BCUT2D eigenvalue weighted by Gasteiger charge is -2.22. The third-order valence-corrected chi connectivity index (χ3v) is 4.75. The maximum absolute atomic E-state index is 13.2. The molecule has 1 unspecified atom stereocenters. The highest BCUT2D eigenvalue weighted by atomic mass is 32.1. The molecule has 5 nitrogen and oxygen atoms in total. The number of nitrogens with zero attached hydrogens (tertiary/aromatic N) is 2. The molecule has 2 heterocycles. The predicted octanol–water partition coefficient (Wildman–Crippen LogP) is 2.39. The molecule has 1 aromatic heterocycles. The zero-order chi connectivity index (χ0) is 15.0. The minimum Gasteiger partial charge on any atom is -0.409 e. The monoisotopic (exact) mass is 307 g/mol. The van der Waals surface area contributed by atoms with Crippen molar-refractivity contribution in [3.05, 3.63) is 35.0 Å². The quantitative estimate of drug-likeness (QED) is 0.387. The van der Waals surface area contributed by atoms with Crippen molar-refractivity contribution >= 4 is 33.2 Å². The Hall–Kier alpha value is -2.15. The van der Waals surface area contributed by atoms with Gasteiger partial charge in [0.2, 0.25) is 0 Å². The van der Waals surface area contributed by atoms with E-state index in [2.05, 4.69) is 5.16 Å². The lowest BCUT2D eigenvalue weighted by atomic mass is 10.2. The van der Waals surface area contributed by atoms with Gasteiger partial charge in [-0.05, 0) is 36.4 Å². The van der Waals surface area contributed by atoms with Crippen LogP contribution in [0.3, 0.4) is 0 Å². The smallest absolute Gasteiger partial charge is 0.264 e. The Morgan fingerprint density at radius 3 is 3.05 bits per heavy atom. The molecular weight excluding hydrogens is 293 g/mol. The molecule has 1 fully saturated rings. The zero-order valence-corrected chi connectivity index (χ0v) is 11.9. The summed E-state index contributed by atoms with van der Waals surface area (Å²) in [5.74, 6) is -0.433. The Labute approximate surface area is 124 Å². The normalized spacial score (nSPS) is 19.4. The van der Waals surface area contributed by atoms with Gasteiger partial charge in [-0.3, -0.25) is 4.79 Å². The van der Waals surface area contributed by atoms with Crippen LogP contribution in [0, 0.1) is 5.82 Å². The van der Waals surface area contributed by atoms with E-state index < -0.39 is 0 Å². The maximum atomic E-state index is 13.2. The Balaban J connectivity index is 1.92. The van der Waals surface area contributed by atoms with Crippen LogP contribution in [-0.2, 0) is 0 Å². The molecule has 0 saturated carbocycles. The first-order valence-electron chi connectivity index (χ1n) is 6.57. The third kappa shape index (κ3) is 2.44. The van der Waals surface area contributed by atoms with Gasteiger partial charge in [0.1, 0.15) is 5.82 Å². The number of nitrogens with two attached hydrogens (primary N) is 1. The number of hydrogen-bond acceptors (Lipinski definition) is 4. The van der Waals surface area contributed by atoms with Gasteiger partial charge < -0.3 is 15.8 Å². The standard InChI is InChI=1S/C14H14FN3O2S/c15-9-4-3-8-6-12(21-11(8)7-9)14(19)18-5-1-2-10(18)13(16)17-20/h3-4,6-7,10,20H,1-2,5H2,(H2,16,17). The number of amidine groups is 1. The molecule has 110 valence electrons. The minimum absolute atomic E-state index is 0.0491. The molecule has 1 aliphatic rings. The molecule has 21 heavy (non-hydrogen) atoms. The number of benzene rings is 1. The van der Waals surface area contributed by atoms with Crippen LogP contribution < -0.4 is 5.73 Å². The first-order valence-corrected chi connectivity index (χ1v) is 7.39. The molecule has 0 aliphatic carbocycles. The van der Waals surface area contributed by atoms with Gasteiger partial charge in [-0.2, -0.15) is 0 Å². The summed E-state index contributed by atoms with van der Waals surface area (Å²) in [4.78, 5) is 14.7. The average Bonchev–Trinajstić information content (AvgIpc) is 3.11. The van der Waals surface area contributed by atoms with Crippen LogP contribution in [-0.4, -0.2) is 34.4 Å². The summed E-state index contributed by atoms with van der Waals surface area (Å²) in [5.41, 5.74) is 5.64. The van der Waals surface area contributed by atoms with Gasteiger partial charge >= 0.3 is 0 Å². The maximum Gasteiger partial charge on any atom is 0.264 e. The number of carbonyl (C=O) groups excluding carboxylic acids is 1. The fraction of sp³-hybridized carbons (Fsp3) is 0.286. The highest BCUT2D eigenvalue weighted by Gasteiger charge is 2.33. The topological polar surface area (TPSA) is 78.9 Å². The number of oxime groups is 1. The zero-order valence-electron chi connectivity index (χ0n) is 11.1. The molecule has 0 bridgehead atoms. The van der Waals surface area contributed by atoms with Gasteiger partial charge in [-0.15, -0.1) is 11.3 Å². The van der Waals surface area contributed by atoms with E-state index in [9.17, 15) is 9.18 Å². The van der Waals surface area contributed by atoms with Crippen LogP contribution in [0.2, 0.25) is 0 Å². The van der Waals surface area contributed by atoms with Crippen LogP contribution in [0.1, 0.15) is 22.5 Å². The van der Waals surface area contributed by atoms with Crippen molar-refractivity contribution in [3.8, 4) is 0 Å². The summed E-state index contributed by atoms with van der Waals surface area (Å²) < 4.78 is 13.9. The van der Waals surface area contributed by atoms with Crippen LogP contribution in [0.4, 0.5) is 4.39 Å². The molecule has 1 amide bonds. The summed E-state index contributed by atoms with van der Waals surface area (Å²) >= 11 is 1.25. The average molecular weight is 307 g/mol. The number of hydrogen-bond donors (Lipinski definition) is 2. The molecule has 3 N–H and O–H groups in total. The van der Waals surface area contributed by atoms with Crippen molar-refractivity contribution in [2.24, 2.45) is 10.9 Å². The first-order chi connectivity index (χ1) is 10.1. The molecule has 2 aromatic rings. The van der Waals surface area contributed by atoms with E-state index in [0.717, 1.165) is 16.5 Å². The lowest BCUT2D eigenvalue weighted by molar-refractivity contribution is 0.0773.